The summed E-state index contributed by atoms with van der Waals surface area (Å²) in [5.41, 5.74) is -1.14. The van der Waals surface area contributed by atoms with Crippen LogP contribution in [0.5, 0.6) is 5.75 Å². The van der Waals surface area contributed by atoms with E-state index in [0.717, 1.165) is 5.56 Å². The van der Waals surface area contributed by atoms with E-state index < -0.39 is 66.6 Å². The van der Waals surface area contributed by atoms with Crippen LogP contribution < -0.4 is 20.7 Å². The molecule has 2 aliphatic heterocycles. The minimum absolute atomic E-state index is 0.00824. The summed E-state index contributed by atoms with van der Waals surface area (Å²) in [6.45, 7) is 1.90. The van der Waals surface area contributed by atoms with E-state index in [-0.39, 0.29) is 18.7 Å². The normalized spacial score (nSPS) is 41.3. The molecule has 0 amide bonds. The number of alkyl halides is 3. The van der Waals surface area contributed by atoms with Gasteiger partial charge in [-0.2, -0.15) is 0 Å². The highest BCUT2D eigenvalue weighted by molar-refractivity contribution is 5.27. The molecule has 3 fully saturated rings. The smallest absolute Gasteiger partial charge is 0.406 e. The molecular weight excluding hydrogens is 515 g/mol. The van der Waals surface area contributed by atoms with Crippen LogP contribution >= 0.6 is 0 Å². The van der Waals surface area contributed by atoms with Gasteiger partial charge in [0.1, 0.15) is 29.7 Å². The van der Waals surface area contributed by atoms with E-state index in [1.807, 2.05) is 0 Å². The quantitative estimate of drug-likeness (QED) is 0.199. The van der Waals surface area contributed by atoms with E-state index in [1.165, 1.54) is 24.3 Å². The molecule has 0 bridgehead atoms. The van der Waals surface area contributed by atoms with Crippen molar-refractivity contribution in [2.75, 3.05) is 27.2 Å². The highest BCUT2D eigenvalue weighted by Gasteiger charge is 2.68. The molecule has 1 saturated carbocycles. The fourth-order valence-electron chi connectivity index (χ4n) is 5.61. The summed E-state index contributed by atoms with van der Waals surface area (Å²) in [6.07, 6.45) is -10.6. The lowest BCUT2D eigenvalue weighted by molar-refractivity contribution is -0.482. The predicted molar refractivity (Wildman–Crippen MR) is 126 cm³/mol. The van der Waals surface area contributed by atoms with Crippen LogP contribution in [0, 0.1) is 0 Å². The molecule has 4 rings (SSSR count). The summed E-state index contributed by atoms with van der Waals surface area (Å²) in [6, 6.07) is 3.97. The Morgan fingerprint density at radius 1 is 1.00 bits per heavy atom. The molecule has 2 saturated heterocycles. The second kappa shape index (κ2) is 11.1. The number of aliphatic hydroxyl groups excluding tert-OH is 2. The summed E-state index contributed by atoms with van der Waals surface area (Å²) in [4.78, 5) is 0. The lowest BCUT2D eigenvalue weighted by atomic mass is 9.77. The summed E-state index contributed by atoms with van der Waals surface area (Å²) >= 11 is 0. The minimum atomic E-state index is -4.77. The molecule has 3 aliphatic rings. The molecule has 11 nitrogen and oxygen atoms in total. The Morgan fingerprint density at radius 3 is 2.26 bits per heavy atom. The van der Waals surface area contributed by atoms with Crippen molar-refractivity contribution in [2.24, 2.45) is 0 Å². The molecule has 0 aromatic heterocycles. The van der Waals surface area contributed by atoms with Crippen molar-refractivity contribution in [2.45, 2.75) is 86.4 Å². The zero-order valence-corrected chi connectivity index (χ0v) is 21.3. The minimum Gasteiger partial charge on any atom is -0.406 e. The molecule has 10 atom stereocenters. The zero-order chi connectivity index (χ0) is 27.9. The monoisotopic (exact) mass is 551 g/mol. The summed E-state index contributed by atoms with van der Waals surface area (Å²) in [7, 11) is 3.20. The van der Waals surface area contributed by atoms with Gasteiger partial charge in [0.2, 0.25) is 12.1 Å². The van der Waals surface area contributed by atoms with Crippen LogP contribution in [0.4, 0.5) is 13.2 Å². The average molecular weight is 552 g/mol. The number of ether oxygens (including phenoxy) is 4. The summed E-state index contributed by atoms with van der Waals surface area (Å²) in [5, 5.41) is 53.8. The topological polar surface area (TPSA) is 154 Å². The maximum atomic E-state index is 12.3. The van der Waals surface area contributed by atoms with Crippen LogP contribution in [0.1, 0.15) is 18.9 Å². The largest absolute Gasteiger partial charge is 0.573 e. The first kappa shape index (κ1) is 29.4. The van der Waals surface area contributed by atoms with Crippen LogP contribution in [0.3, 0.4) is 0 Å². The number of hydrogen-bond acceptors (Lipinski definition) is 11. The number of aliphatic hydroxyl groups is 4. The van der Waals surface area contributed by atoms with Crippen molar-refractivity contribution in [3.05, 3.63) is 29.8 Å². The molecule has 0 unspecified atom stereocenters. The number of fused-ring (bicyclic) bond motifs is 2. The van der Waals surface area contributed by atoms with Crippen LogP contribution in [-0.4, -0.2) is 114 Å². The summed E-state index contributed by atoms with van der Waals surface area (Å²) in [5.74, 6) is -2.65. The Balaban J connectivity index is 1.43. The predicted octanol–water partition coefficient (Wildman–Crippen LogP) is -1.03. The van der Waals surface area contributed by atoms with Gasteiger partial charge in [-0.3, -0.25) is 0 Å². The maximum absolute atomic E-state index is 12.3. The van der Waals surface area contributed by atoms with E-state index in [0.29, 0.717) is 13.0 Å². The Bertz CT molecular complexity index is 943. The van der Waals surface area contributed by atoms with Gasteiger partial charge in [0.25, 0.3) is 0 Å². The van der Waals surface area contributed by atoms with Crippen molar-refractivity contribution >= 4 is 0 Å². The molecule has 38 heavy (non-hydrogen) atoms. The van der Waals surface area contributed by atoms with Crippen LogP contribution in [0.2, 0.25) is 0 Å². The van der Waals surface area contributed by atoms with Crippen LogP contribution in [0.15, 0.2) is 24.3 Å². The molecule has 1 aromatic rings. The third-order valence-corrected chi connectivity index (χ3v) is 7.51. The molecular formula is C24H36F3N3O8. The third-order valence-electron chi connectivity index (χ3n) is 7.51. The standard InChI is InChI=1S/C24H36F3N3O8/c1-12-10-22(33,11-30-9-8-13-4-6-14(7-5-13)37-24(25,26)27)23(34)21(35-12)36-20-18(32)15(28-2)17(31)16(29-3)19(20)38-23/h4-7,12,15-21,28-34H,8-11H2,1-3H3/t12-,15-,16+,17+,18+,19-,20-,21+,22-,23-/m1/s1. The molecule has 216 valence electrons. The molecule has 2 heterocycles. The van der Waals surface area contributed by atoms with Gasteiger partial charge in [0.15, 0.2) is 0 Å². The van der Waals surface area contributed by atoms with Crippen molar-refractivity contribution in [3.63, 3.8) is 0 Å². The number of likely N-dealkylation sites (N-methyl/N-ethyl adjacent to an activating group) is 2. The van der Waals surface area contributed by atoms with Gasteiger partial charge < -0.3 is 55.3 Å². The Labute approximate surface area is 218 Å². The third kappa shape index (κ3) is 5.66. The molecule has 14 heteroatoms. The molecule has 7 N–H and O–H groups in total. The first-order chi connectivity index (χ1) is 17.8. The molecule has 0 spiro atoms. The number of rotatable bonds is 8. The van der Waals surface area contributed by atoms with Gasteiger partial charge in [0, 0.05) is 13.0 Å². The lowest BCUT2D eigenvalue weighted by Crippen LogP contribution is -2.81. The van der Waals surface area contributed by atoms with E-state index in [9.17, 15) is 33.6 Å². The number of benzene rings is 1. The first-order valence-electron chi connectivity index (χ1n) is 12.5. The number of nitrogens with one attached hydrogen (secondary N) is 3. The van der Waals surface area contributed by atoms with Crippen molar-refractivity contribution in [1.29, 1.82) is 0 Å². The molecule has 1 aliphatic carbocycles. The molecule has 1 aromatic carbocycles. The van der Waals surface area contributed by atoms with Crippen molar-refractivity contribution < 1.29 is 52.5 Å². The van der Waals surface area contributed by atoms with Crippen LogP contribution in [0.25, 0.3) is 0 Å². The first-order valence-corrected chi connectivity index (χ1v) is 12.5. The fourth-order valence-corrected chi connectivity index (χ4v) is 5.61. The Morgan fingerprint density at radius 2 is 1.66 bits per heavy atom. The van der Waals surface area contributed by atoms with Gasteiger partial charge in [0.05, 0.1) is 24.3 Å². The van der Waals surface area contributed by atoms with Crippen molar-refractivity contribution in [3.8, 4) is 5.75 Å². The molecule has 0 radical (unpaired) electrons. The second-order valence-electron chi connectivity index (χ2n) is 10.1. The average Bonchev–Trinajstić information content (AvgIpc) is 2.83. The maximum Gasteiger partial charge on any atom is 0.573 e. The Kier molecular flexibility index (Phi) is 8.60. The van der Waals surface area contributed by atoms with Gasteiger partial charge in [-0.15, -0.1) is 13.2 Å². The van der Waals surface area contributed by atoms with Crippen molar-refractivity contribution in [1.82, 2.24) is 16.0 Å². The lowest BCUT2D eigenvalue weighted by Gasteiger charge is -2.60. The highest BCUT2D eigenvalue weighted by atomic mass is 19.4. The highest BCUT2D eigenvalue weighted by Crippen LogP contribution is 2.46. The van der Waals surface area contributed by atoms with E-state index in [2.05, 4.69) is 20.7 Å². The van der Waals surface area contributed by atoms with Crippen LogP contribution in [-0.2, 0) is 20.6 Å². The fraction of sp³-hybridized carbons (Fsp3) is 0.750. The van der Waals surface area contributed by atoms with Gasteiger partial charge in [-0.25, -0.2) is 0 Å². The van der Waals surface area contributed by atoms with Gasteiger partial charge >= 0.3 is 6.36 Å². The van der Waals surface area contributed by atoms with E-state index in [4.69, 9.17) is 14.2 Å². The number of halogens is 3. The number of hydrogen-bond donors (Lipinski definition) is 7. The second-order valence-corrected chi connectivity index (χ2v) is 10.1. The SMILES string of the molecule is CN[C@@H]1[C@H](O)[C@H](NC)[C@H]2O[C@]3(O)[C@H](O[C@@H]2[C@H]1O)O[C@H](C)C[C@@]3(O)CNCCc1ccc(OC(F)(F)F)cc1. The zero-order valence-electron chi connectivity index (χ0n) is 21.3. The van der Waals surface area contributed by atoms with E-state index >= 15 is 0 Å². The van der Waals surface area contributed by atoms with Gasteiger partial charge in [-0.1, -0.05) is 12.1 Å². The van der Waals surface area contributed by atoms with E-state index in [1.54, 1.807) is 21.0 Å². The summed E-state index contributed by atoms with van der Waals surface area (Å²) < 4.78 is 58.7. The van der Waals surface area contributed by atoms with Gasteiger partial charge in [-0.05, 0) is 51.7 Å². The Hall–Kier alpha value is -1.59.